The molecule has 0 aromatic heterocycles. The molecule has 18 heavy (non-hydrogen) atoms. The van der Waals surface area contributed by atoms with Gasteiger partial charge in [0.1, 0.15) is 6.07 Å². The maximum absolute atomic E-state index is 12.3. The van der Waals surface area contributed by atoms with Gasteiger partial charge in [0.25, 0.3) is 0 Å². The van der Waals surface area contributed by atoms with Gasteiger partial charge in [-0.2, -0.15) is 9.57 Å². The van der Waals surface area contributed by atoms with Gasteiger partial charge in [-0.15, -0.1) is 0 Å². The summed E-state index contributed by atoms with van der Waals surface area (Å²) in [4.78, 5) is -0.0424. The van der Waals surface area contributed by atoms with Gasteiger partial charge in [0.05, 0.1) is 16.1 Å². The molecule has 0 aliphatic heterocycles. The number of nitriles is 1. The maximum atomic E-state index is 12.3. The zero-order chi connectivity index (χ0) is 14.0. The Morgan fingerprint density at radius 3 is 2.44 bits per heavy atom. The Balaban J connectivity index is 3.19. The molecule has 0 atom stereocenters. The van der Waals surface area contributed by atoms with E-state index in [1.165, 1.54) is 33.0 Å². The molecule has 0 aliphatic rings. The third kappa shape index (κ3) is 3.29. The van der Waals surface area contributed by atoms with Crippen molar-refractivity contribution in [2.75, 3.05) is 13.6 Å². The van der Waals surface area contributed by atoms with Crippen molar-refractivity contribution in [2.45, 2.75) is 24.3 Å². The summed E-state index contributed by atoms with van der Waals surface area (Å²) >= 11 is 0. The number of nitrogens with zero attached hydrogens (tertiary/aromatic N) is 2. The number of hydrogen-bond donors (Lipinski definition) is 1. The normalized spacial score (nSPS) is 12.4. The smallest absolute Gasteiger partial charge is 0.244 e. The summed E-state index contributed by atoms with van der Waals surface area (Å²) in [5.74, 6) is 0. The van der Waals surface area contributed by atoms with E-state index in [1.807, 2.05) is 6.07 Å². The minimum atomic E-state index is -3.76. The third-order valence-electron chi connectivity index (χ3n) is 2.31. The van der Waals surface area contributed by atoms with E-state index in [4.69, 9.17) is 5.26 Å². The quantitative estimate of drug-likeness (QED) is 0.881. The fraction of sp³-hybridized carbons (Fsp3) is 0.417. The van der Waals surface area contributed by atoms with Crippen LogP contribution in [0, 0.1) is 11.3 Å². The van der Waals surface area contributed by atoms with E-state index in [-0.39, 0.29) is 17.0 Å². The third-order valence-corrected chi connectivity index (χ3v) is 4.17. The number of rotatable bonds is 4. The molecule has 1 N–H and O–H groups in total. The molecule has 0 saturated heterocycles. The van der Waals surface area contributed by atoms with Crippen LogP contribution in [0.1, 0.15) is 19.4 Å². The predicted octanol–water partition coefficient (Wildman–Crippen LogP) is 0.950. The molecule has 0 amide bonds. The molecule has 98 valence electrons. The lowest BCUT2D eigenvalue weighted by atomic mass is 10.1. The molecule has 0 spiro atoms. The topological polar surface area (TPSA) is 81.4 Å². The molecule has 1 rings (SSSR count). The molecule has 1 aromatic carbocycles. The lowest BCUT2D eigenvalue weighted by Gasteiger charge is -2.25. The molecule has 0 saturated carbocycles. The van der Waals surface area contributed by atoms with Crippen LogP contribution in [0.25, 0.3) is 0 Å². The summed E-state index contributed by atoms with van der Waals surface area (Å²) in [5.41, 5.74) is -1.04. The Morgan fingerprint density at radius 2 is 1.94 bits per heavy atom. The van der Waals surface area contributed by atoms with Crippen LogP contribution < -0.4 is 0 Å². The molecule has 0 fully saturated rings. The molecule has 0 bridgehead atoms. The van der Waals surface area contributed by atoms with Crippen LogP contribution in [-0.2, 0) is 10.0 Å². The molecule has 6 heteroatoms. The highest BCUT2D eigenvalue weighted by molar-refractivity contribution is 7.89. The molecule has 1 aromatic rings. The summed E-state index contributed by atoms with van der Waals surface area (Å²) < 4.78 is 25.6. The summed E-state index contributed by atoms with van der Waals surface area (Å²) in [7, 11) is -2.39. The summed E-state index contributed by atoms with van der Waals surface area (Å²) in [6.45, 7) is 3.00. The molecule has 0 unspecified atom stereocenters. The van der Waals surface area contributed by atoms with Gasteiger partial charge in [-0.25, -0.2) is 8.42 Å². The van der Waals surface area contributed by atoms with Gasteiger partial charge in [0.2, 0.25) is 10.0 Å². The lowest BCUT2D eigenvalue weighted by Crippen LogP contribution is -2.39. The van der Waals surface area contributed by atoms with Crippen molar-refractivity contribution in [2.24, 2.45) is 0 Å². The second-order valence-electron chi connectivity index (χ2n) is 4.68. The van der Waals surface area contributed by atoms with Crippen molar-refractivity contribution in [3.05, 3.63) is 29.8 Å². The Morgan fingerprint density at radius 1 is 1.39 bits per heavy atom. The van der Waals surface area contributed by atoms with E-state index >= 15 is 0 Å². The van der Waals surface area contributed by atoms with Crippen LogP contribution in [0.3, 0.4) is 0 Å². The first-order valence-electron chi connectivity index (χ1n) is 5.36. The van der Waals surface area contributed by atoms with Gasteiger partial charge < -0.3 is 5.11 Å². The predicted molar refractivity (Wildman–Crippen MR) is 67.3 cm³/mol. The fourth-order valence-corrected chi connectivity index (χ4v) is 3.05. The first kappa shape index (κ1) is 14.6. The van der Waals surface area contributed by atoms with Crippen LogP contribution in [0.4, 0.5) is 0 Å². The van der Waals surface area contributed by atoms with Crippen molar-refractivity contribution in [1.82, 2.24) is 4.31 Å². The van der Waals surface area contributed by atoms with Crippen molar-refractivity contribution >= 4 is 10.0 Å². The summed E-state index contributed by atoms with van der Waals surface area (Å²) in [6.07, 6.45) is 0. The van der Waals surface area contributed by atoms with E-state index in [9.17, 15) is 13.5 Å². The van der Waals surface area contributed by atoms with E-state index in [2.05, 4.69) is 0 Å². The number of benzene rings is 1. The van der Waals surface area contributed by atoms with Crippen LogP contribution >= 0.6 is 0 Å². The van der Waals surface area contributed by atoms with Crippen molar-refractivity contribution in [1.29, 1.82) is 5.26 Å². The SMILES string of the molecule is CN(CC(C)(C)O)S(=O)(=O)c1ccccc1C#N. The van der Waals surface area contributed by atoms with Crippen LogP contribution in [-0.4, -0.2) is 37.0 Å². The van der Waals surface area contributed by atoms with Crippen LogP contribution in [0.2, 0.25) is 0 Å². The number of likely N-dealkylation sites (N-methyl/N-ethyl adjacent to an activating group) is 1. The molecule has 0 radical (unpaired) electrons. The zero-order valence-corrected chi connectivity index (χ0v) is 11.4. The van der Waals surface area contributed by atoms with Crippen molar-refractivity contribution < 1.29 is 13.5 Å². The molecular weight excluding hydrogens is 252 g/mol. The van der Waals surface area contributed by atoms with E-state index in [0.717, 1.165) is 4.31 Å². The van der Waals surface area contributed by atoms with Gasteiger partial charge in [0.15, 0.2) is 0 Å². The maximum Gasteiger partial charge on any atom is 0.244 e. The van der Waals surface area contributed by atoms with Gasteiger partial charge in [-0.3, -0.25) is 0 Å². The van der Waals surface area contributed by atoms with E-state index < -0.39 is 15.6 Å². The molecule has 0 heterocycles. The Hall–Kier alpha value is -1.42. The lowest BCUT2D eigenvalue weighted by molar-refractivity contribution is 0.0640. The van der Waals surface area contributed by atoms with Crippen molar-refractivity contribution in [3.63, 3.8) is 0 Å². The van der Waals surface area contributed by atoms with Gasteiger partial charge in [-0.1, -0.05) is 12.1 Å². The van der Waals surface area contributed by atoms with E-state index in [0.29, 0.717) is 0 Å². The Labute approximate surface area is 107 Å². The second kappa shape index (κ2) is 5.06. The highest BCUT2D eigenvalue weighted by atomic mass is 32.2. The monoisotopic (exact) mass is 268 g/mol. The number of sulfonamides is 1. The number of hydrogen-bond acceptors (Lipinski definition) is 4. The largest absolute Gasteiger partial charge is 0.389 e. The first-order valence-corrected chi connectivity index (χ1v) is 6.80. The summed E-state index contributed by atoms with van der Waals surface area (Å²) in [5, 5.41) is 18.6. The standard InChI is InChI=1S/C12H16N2O3S/c1-12(2,15)9-14(3)18(16,17)11-7-5-4-6-10(11)8-13/h4-7,15H,9H2,1-3H3. The fourth-order valence-electron chi connectivity index (χ4n) is 1.58. The second-order valence-corrected chi connectivity index (χ2v) is 6.69. The average molecular weight is 268 g/mol. The first-order chi connectivity index (χ1) is 8.18. The van der Waals surface area contributed by atoms with Crippen LogP contribution in [0.5, 0.6) is 0 Å². The highest BCUT2D eigenvalue weighted by Crippen LogP contribution is 2.20. The minimum absolute atomic E-state index is 0.0424. The molecule has 0 aliphatic carbocycles. The summed E-state index contributed by atoms with van der Waals surface area (Å²) in [6, 6.07) is 7.85. The van der Waals surface area contributed by atoms with Crippen LogP contribution in [0.15, 0.2) is 29.2 Å². The minimum Gasteiger partial charge on any atom is -0.389 e. The van der Waals surface area contributed by atoms with Crippen molar-refractivity contribution in [3.8, 4) is 6.07 Å². The molecular formula is C12H16N2O3S. The van der Waals surface area contributed by atoms with Gasteiger partial charge in [0, 0.05) is 13.6 Å². The highest BCUT2D eigenvalue weighted by Gasteiger charge is 2.28. The van der Waals surface area contributed by atoms with E-state index in [1.54, 1.807) is 12.1 Å². The Kier molecular flexibility index (Phi) is 4.12. The zero-order valence-electron chi connectivity index (χ0n) is 10.6. The number of aliphatic hydroxyl groups is 1. The molecule has 5 nitrogen and oxygen atoms in total. The Bertz CT molecular complexity index is 568. The van der Waals surface area contributed by atoms with Gasteiger partial charge in [-0.05, 0) is 26.0 Å². The van der Waals surface area contributed by atoms with Gasteiger partial charge >= 0.3 is 0 Å². The average Bonchev–Trinajstić information content (AvgIpc) is 2.26.